The van der Waals surface area contributed by atoms with Crippen LogP contribution in [0.4, 0.5) is 19.0 Å². The number of amides is 1. The zero-order valence-electron chi connectivity index (χ0n) is 13.3. The molecule has 0 aliphatic heterocycles. The number of anilines is 1. The van der Waals surface area contributed by atoms with Gasteiger partial charge in [0, 0.05) is 12.5 Å². The molecule has 0 saturated carbocycles. The van der Waals surface area contributed by atoms with Crippen LogP contribution in [0.2, 0.25) is 0 Å². The number of imidazole rings is 1. The van der Waals surface area contributed by atoms with E-state index in [1.807, 2.05) is 0 Å². The molecule has 136 valence electrons. The van der Waals surface area contributed by atoms with Gasteiger partial charge < -0.3 is 9.72 Å². The average Bonchev–Trinajstić information content (AvgIpc) is 2.94. The molecule has 26 heavy (non-hydrogen) atoms. The summed E-state index contributed by atoms with van der Waals surface area (Å²) in [7, 11) is -3.37. The van der Waals surface area contributed by atoms with Gasteiger partial charge in [-0.1, -0.05) is 12.1 Å². The first-order valence-corrected chi connectivity index (χ1v) is 9.10. The maximum atomic E-state index is 12.3. The summed E-state index contributed by atoms with van der Waals surface area (Å²) in [5, 5.41) is 1.68. The third-order valence-electron chi connectivity index (χ3n) is 3.55. The van der Waals surface area contributed by atoms with Crippen LogP contribution in [0.3, 0.4) is 0 Å². The Balaban J connectivity index is 1.97. The zero-order chi connectivity index (χ0) is 19.1. The molecule has 0 aliphatic rings. The van der Waals surface area contributed by atoms with E-state index in [9.17, 15) is 26.4 Å². The minimum absolute atomic E-state index is 0.149. The molecule has 0 fully saturated rings. The van der Waals surface area contributed by atoms with Crippen molar-refractivity contribution in [2.45, 2.75) is 11.1 Å². The molecule has 0 atom stereocenters. The fourth-order valence-electron chi connectivity index (χ4n) is 2.32. The number of hydrogen-bond donors (Lipinski definition) is 1. The number of carbonyl (C=O) groups excluding carboxylic acids is 1. The van der Waals surface area contributed by atoms with Gasteiger partial charge in [0.2, 0.25) is 0 Å². The highest BCUT2D eigenvalue weighted by molar-refractivity contribution is 7.90. The fraction of sp³-hybridized carbons (Fsp3) is 0.125. The number of halogens is 3. The van der Waals surface area contributed by atoms with Gasteiger partial charge in [0.25, 0.3) is 0 Å². The topological polar surface area (TPSA) is 80.5 Å². The Morgan fingerprint density at radius 3 is 2.50 bits per heavy atom. The lowest BCUT2D eigenvalue weighted by molar-refractivity contribution is -0.167. The van der Waals surface area contributed by atoms with E-state index in [-0.39, 0.29) is 10.7 Å². The molecule has 6 nitrogen and oxygen atoms in total. The molecule has 2 aromatic heterocycles. The van der Waals surface area contributed by atoms with Crippen LogP contribution in [-0.2, 0) is 14.6 Å². The van der Waals surface area contributed by atoms with Crippen molar-refractivity contribution >= 4 is 27.2 Å². The van der Waals surface area contributed by atoms with Gasteiger partial charge in [-0.15, -0.1) is 0 Å². The quantitative estimate of drug-likeness (QED) is 0.754. The number of alkyl halides is 3. The van der Waals surface area contributed by atoms with E-state index in [1.165, 1.54) is 22.7 Å². The predicted octanol–water partition coefficient (Wildman–Crippen LogP) is 2.91. The summed E-state index contributed by atoms with van der Waals surface area (Å²) in [4.78, 5) is 15.1. The molecule has 10 heteroatoms. The van der Waals surface area contributed by atoms with Gasteiger partial charge in [-0.05, 0) is 35.4 Å². The number of nitrogens with zero attached hydrogens (tertiary/aromatic N) is 2. The van der Waals surface area contributed by atoms with E-state index in [0.717, 1.165) is 6.26 Å². The lowest BCUT2D eigenvalue weighted by Gasteiger charge is -2.05. The molecule has 0 saturated heterocycles. The SMILES string of the molecule is CS(=O)(=O)c1cccc(-c2ccn3cc(NC(=O)C(F)(F)F)nc3c2)c1. The fourth-order valence-corrected chi connectivity index (χ4v) is 2.98. The van der Waals surface area contributed by atoms with Crippen LogP contribution in [-0.4, -0.2) is 36.1 Å². The highest BCUT2D eigenvalue weighted by Gasteiger charge is 2.39. The summed E-state index contributed by atoms with van der Waals surface area (Å²) >= 11 is 0. The van der Waals surface area contributed by atoms with E-state index >= 15 is 0 Å². The van der Waals surface area contributed by atoms with E-state index in [1.54, 1.807) is 35.8 Å². The van der Waals surface area contributed by atoms with Crippen molar-refractivity contribution in [3.63, 3.8) is 0 Å². The summed E-state index contributed by atoms with van der Waals surface area (Å²) in [6, 6.07) is 9.50. The van der Waals surface area contributed by atoms with Crippen LogP contribution in [0, 0.1) is 0 Å². The Morgan fingerprint density at radius 2 is 1.85 bits per heavy atom. The molecule has 1 N–H and O–H groups in total. The standard InChI is InChI=1S/C16H12F3N3O3S/c1-26(24,25)12-4-2-3-10(7-12)11-5-6-22-9-13(20-14(22)8-11)21-15(23)16(17,18)19/h2-9H,1H3,(H,21,23). The summed E-state index contributed by atoms with van der Waals surface area (Å²) in [5.41, 5.74) is 1.53. The van der Waals surface area contributed by atoms with Crippen LogP contribution < -0.4 is 5.32 Å². The number of hydrogen-bond acceptors (Lipinski definition) is 4. The molecule has 1 aromatic carbocycles. The Labute approximate surface area is 146 Å². The molecule has 3 rings (SSSR count). The van der Waals surface area contributed by atoms with Gasteiger partial charge in [-0.3, -0.25) is 4.79 Å². The Hall–Kier alpha value is -2.88. The summed E-state index contributed by atoms with van der Waals surface area (Å²) in [5.74, 6) is -2.35. The van der Waals surface area contributed by atoms with Gasteiger partial charge in [0.15, 0.2) is 15.7 Å². The summed E-state index contributed by atoms with van der Waals surface area (Å²) in [6.45, 7) is 0. The van der Waals surface area contributed by atoms with Gasteiger partial charge in [0.05, 0.1) is 11.1 Å². The van der Waals surface area contributed by atoms with Crippen LogP contribution >= 0.6 is 0 Å². The molecule has 3 aromatic rings. The number of sulfone groups is 1. The monoisotopic (exact) mass is 383 g/mol. The highest BCUT2D eigenvalue weighted by atomic mass is 32.2. The second-order valence-corrected chi connectivity index (χ2v) is 7.57. The van der Waals surface area contributed by atoms with E-state index < -0.39 is 21.9 Å². The number of aromatic nitrogens is 2. The van der Waals surface area contributed by atoms with E-state index in [0.29, 0.717) is 16.8 Å². The minimum Gasteiger partial charge on any atom is -0.305 e. The largest absolute Gasteiger partial charge is 0.471 e. The van der Waals surface area contributed by atoms with Crippen molar-refractivity contribution in [2.75, 3.05) is 11.6 Å². The number of fused-ring (bicyclic) bond motifs is 1. The lowest BCUT2D eigenvalue weighted by atomic mass is 10.1. The van der Waals surface area contributed by atoms with Crippen LogP contribution in [0.1, 0.15) is 0 Å². The van der Waals surface area contributed by atoms with Crippen molar-refractivity contribution in [2.24, 2.45) is 0 Å². The maximum Gasteiger partial charge on any atom is 0.471 e. The summed E-state index contributed by atoms with van der Waals surface area (Å²) < 4.78 is 61.7. The smallest absolute Gasteiger partial charge is 0.305 e. The number of benzene rings is 1. The molecule has 0 aliphatic carbocycles. The van der Waals surface area contributed by atoms with E-state index in [2.05, 4.69) is 4.98 Å². The van der Waals surface area contributed by atoms with Crippen molar-refractivity contribution in [3.05, 3.63) is 48.8 Å². The lowest BCUT2D eigenvalue weighted by Crippen LogP contribution is -2.30. The number of carbonyl (C=O) groups is 1. The molecule has 0 bridgehead atoms. The van der Waals surface area contributed by atoms with Crippen LogP contribution in [0.5, 0.6) is 0 Å². The first-order chi connectivity index (χ1) is 12.0. The first kappa shape index (κ1) is 17.9. The minimum atomic E-state index is -5.01. The van der Waals surface area contributed by atoms with Crippen molar-refractivity contribution in [1.29, 1.82) is 0 Å². The molecule has 0 spiro atoms. The highest BCUT2D eigenvalue weighted by Crippen LogP contribution is 2.25. The van der Waals surface area contributed by atoms with Crippen molar-refractivity contribution in [3.8, 4) is 11.1 Å². The second-order valence-electron chi connectivity index (χ2n) is 5.56. The normalized spacial score (nSPS) is 12.3. The Morgan fingerprint density at radius 1 is 1.15 bits per heavy atom. The first-order valence-electron chi connectivity index (χ1n) is 7.21. The molecular formula is C16H12F3N3O3S. The summed E-state index contributed by atoms with van der Waals surface area (Å²) in [6.07, 6.45) is -1.11. The van der Waals surface area contributed by atoms with Gasteiger partial charge in [-0.25, -0.2) is 13.4 Å². The maximum absolute atomic E-state index is 12.3. The number of pyridine rings is 1. The third kappa shape index (κ3) is 3.69. The third-order valence-corrected chi connectivity index (χ3v) is 4.67. The average molecular weight is 383 g/mol. The molecule has 0 unspecified atom stereocenters. The van der Waals surface area contributed by atoms with Gasteiger partial charge >= 0.3 is 12.1 Å². The molecule has 1 amide bonds. The zero-order valence-corrected chi connectivity index (χ0v) is 14.1. The van der Waals surface area contributed by atoms with Crippen molar-refractivity contribution in [1.82, 2.24) is 9.38 Å². The van der Waals surface area contributed by atoms with E-state index in [4.69, 9.17) is 0 Å². The van der Waals surface area contributed by atoms with Gasteiger partial charge in [0.1, 0.15) is 5.65 Å². The van der Waals surface area contributed by atoms with Crippen LogP contribution in [0.15, 0.2) is 53.7 Å². The molecule has 2 heterocycles. The van der Waals surface area contributed by atoms with Crippen LogP contribution in [0.25, 0.3) is 16.8 Å². The molecule has 0 radical (unpaired) electrons. The predicted molar refractivity (Wildman–Crippen MR) is 88.4 cm³/mol. The number of nitrogens with one attached hydrogen (secondary N) is 1. The second kappa shape index (κ2) is 6.13. The number of rotatable bonds is 3. The van der Waals surface area contributed by atoms with Crippen molar-refractivity contribution < 1.29 is 26.4 Å². The molecular weight excluding hydrogens is 371 g/mol. The van der Waals surface area contributed by atoms with Gasteiger partial charge in [-0.2, -0.15) is 13.2 Å². The Kier molecular flexibility index (Phi) is 4.23. The Bertz CT molecular complexity index is 1100.